The van der Waals surface area contributed by atoms with Crippen LogP contribution in [0, 0.1) is 0 Å². The Bertz CT molecular complexity index is 1340. The smallest absolute Gasteiger partial charge is 0.187 e. The summed E-state index contributed by atoms with van der Waals surface area (Å²) in [5, 5.41) is 12.6. The van der Waals surface area contributed by atoms with Gasteiger partial charge in [-0.2, -0.15) is 0 Å². The normalized spacial score (nSPS) is 23.5. The zero-order valence-electron chi connectivity index (χ0n) is 22.1. The molecule has 7 nitrogen and oxygen atoms in total. The van der Waals surface area contributed by atoms with E-state index in [2.05, 4.69) is 70.1 Å². The summed E-state index contributed by atoms with van der Waals surface area (Å²) in [6.07, 6.45) is 5.49. The Morgan fingerprint density at radius 1 is 1.08 bits per heavy atom. The van der Waals surface area contributed by atoms with Crippen molar-refractivity contribution >= 4 is 10.9 Å². The van der Waals surface area contributed by atoms with Gasteiger partial charge in [-0.1, -0.05) is 37.3 Å². The molecule has 1 spiro atoms. The molecule has 2 unspecified atom stereocenters. The van der Waals surface area contributed by atoms with Crippen molar-refractivity contribution in [3.63, 3.8) is 0 Å². The number of likely N-dealkylation sites (N-methyl/N-ethyl adjacent to an activating group) is 1. The Morgan fingerprint density at radius 2 is 1.86 bits per heavy atom. The largest absolute Gasteiger partial charge is 0.497 e. The van der Waals surface area contributed by atoms with Gasteiger partial charge in [0.15, 0.2) is 6.35 Å². The number of nitrogens with zero attached hydrogens (tertiary/aromatic N) is 4. The number of allylic oxidation sites excluding steroid dienone is 1. The maximum atomic E-state index is 11.4. The number of hydrogen-bond donors (Lipinski definition) is 1. The van der Waals surface area contributed by atoms with Gasteiger partial charge in [0.05, 0.1) is 25.3 Å². The third-order valence-electron chi connectivity index (χ3n) is 8.74. The summed E-state index contributed by atoms with van der Waals surface area (Å²) in [6, 6.07) is 14.6. The highest BCUT2D eigenvalue weighted by Crippen LogP contribution is 2.49. The van der Waals surface area contributed by atoms with Crippen LogP contribution in [0.25, 0.3) is 10.9 Å². The average Bonchev–Trinajstić information content (AvgIpc) is 3.03. The molecular weight excluding hydrogens is 464 g/mol. The summed E-state index contributed by atoms with van der Waals surface area (Å²) >= 11 is 0. The van der Waals surface area contributed by atoms with E-state index in [0.717, 1.165) is 55.1 Å². The van der Waals surface area contributed by atoms with Crippen molar-refractivity contribution in [3.8, 4) is 11.5 Å². The number of benzene rings is 2. The molecule has 0 aliphatic carbocycles. The van der Waals surface area contributed by atoms with E-state index in [9.17, 15) is 5.11 Å². The van der Waals surface area contributed by atoms with E-state index in [1.54, 1.807) is 14.2 Å². The fraction of sp³-hybridized carbons (Fsp3) is 0.433. The van der Waals surface area contributed by atoms with Gasteiger partial charge in [0.25, 0.3) is 0 Å². The molecular formula is C30H36N4O3. The molecule has 2 atom stereocenters. The SMILES string of the molecule is COc1cc2c(c(OC)c1)C(C)C=C1N(C2)C(O)N(C)C12CCN(Cc1cccc3cccnc13)CC2. The number of para-hydroxylation sites is 1. The minimum absolute atomic E-state index is 0.159. The van der Waals surface area contributed by atoms with Crippen LogP contribution in [0.1, 0.15) is 42.4 Å². The van der Waals surface area contributed by atoms with Crippen molar-refractivity contribution < 1.29 is 14.6 Å². The molecule has 3 aromatic rings. The minimum atomic E-state index is -0.671. The second kappa shape index (κ2) is 9.31. The first-order chi connectivity index (χ1) is 17.9. The first-order valence-corrected chi connectivity index (χ1v) is 13.1. The van der Waals surface area contributed by atoms with Gasteiger partial charge < -0.3 is 19.5 Å². The van der Waals surface area contributed by atoms with Crippen molar-refractivity contribution in [2.75, 3.05) is 34.4 Å². The lowest BCUT2D eigenvalue weighted by molar-refractivity contribution is -0.0747. The fourth-order valence-corrected chi connectivity index (χ4v) is 6.74. The number of fused-ring (bicyclic) bond motifs is 4. The number of aliphatic hydroxyl groups excluding tert-OH is 1. The molecule has 3 aliphatic rings. The van der Waals surface area contributed by atoms with Crippen molar-refractivity contribution in [3.05, 3.63) is 77.1 Å². The number of ether oxygens (including phenoxy) is 2. The van der Waals surface area contributed by atoms with Crippen LogP contribution in [0.4, 0.5) is 0 Å². The maximum Gasteiger partial charge on any atom is 0.187 e. The first-order valence-electron chi connectivity index (χ1n) is 13.1. The van der Waals surface area contributed by atoms with Crippen LogP contribution >= 0.6 is 0 Å². The molecule has 0 radical (unpaired) electrons. The molecule has 37 heavy (non-hydrogen) atoms. The number of hydrogen-bond acceptors (Lipinski definition) is 7. The molecule has 194 valence electrons. The molecule has 1 N–H and O–H groups in total. The summed E-state index contributed by atoms with van der Waals surface area (Å²) in [5.41, 5.74) is 5.72. The number of piperidine rings is 1. The zero-order valence-corrected chi connectivity index (χ0v) is 22.1. The van der Waals surface area contributed by atoms with Gasteiger partial charge in [-0.05, 0) is 43.1 Å². The fourth-order valence-electron chi connectivity index (χ4n) is 6.74. The summed E-state index contributed by atoms with van der Waals surface area (Å²) in [6.45, 7) is 5.66. The quantitative estimate of drug-likeness (QED) is 0.573. The predicted molar refractivity (Wildman–Crippen MR) is 144 cm³/mol. The highest BCUT2D eigenvalue weighted by Gasteiger charge is 2.53. The highest BCUT2D eigenvalue weighted by molar-refractivity contribution is 5.81. The summed E-state index contributed by atoms with van der Waals surface area (Å²) in [7, 11) is 5.47. The summed E-state index contributed by atoms with van der Waals surface area (Å²) < 4.78 is 11.3. The molecule has 0 bridgehead atoms. The Hall–Kier alpha value is -3.13. The monoisotopic (exact) mass is 500 g/mol. The first kappa shape index (κ1) is 24.2. The summed E-state index contributed by atoms with van der Waals surface area (Å²) in [5.74, 6) is 1.78. The van der Waals surface area contributed by atoms with Gasteiger partial charge in [-0.25, -0.2) is 0 Å². The van der Waals surface area contributed by atoms with Gasteiger partial charge in [-0.3, -0.25) is 14.8 Å². The van der Waals surface area contributed by atoms with Crippen LogP contribution in [0.15, 0.2) is 60.4 Å². The number of aromatic nitrogens is 1. The van der Waals surface area contributed by atoms with Crippen molar-refractivity contribution in [1.29, 1.82) is 0 Å². The van der Waals surface area contributed by atoms with Crippen molar-refractivity contribution in [2.24, 2.45) is 0 Å². The molecule has 4 heterocycles. The topological polar surface area (TPSA) is 61.3 Å². The number of methoxy groups -OCH3 is 2. The number of likely N-dealkylation sites (tertiary alicyclic amines) is 1. The molecule has 6 rings (SSSR count). The van der Waals surface area contributed by atoms with Crippen LogP contribution < -0.4 is 9.47 Å². The third-order valence-corrected chi connectivity index (χ3v) is 8.74. The van der Waals surface area contributed by atoms with Crippen LogP contribution in [0.2, 0.25) is 0 Å². The average molecular weight is 501 g/mol. The van der Waals surface area contributed by atoms with Crippen LogP contribution in [0.5, 0.6) is 11.5 Å². The Morgan fingerprint density at radius 3 is 2.62 bits per heavy atom. The third kappa shape index (κ3) is 3.88. The lowest BCUT2D eigenvalue weighted by Gasteiger charge is -2.44. The standard InChI is InChI=1S/C30H36N4O3/c1-20-15-26-30(10-13-33(14-11-30)18-22-8-5-7-21-9-6-12-31-28(21)22)32(2)29(35)34(26)19-23-16-24(36-3)17-25(37-4)27(20)23/h5-9,12,15-17,20,29,35H,10-11,13-14,18-19H2,1-4H3. The maximum absolute atomic E-state index is 11.4. The van der Waals surface area contributed by atoms with Crippen molar-refractivity contribution in [1.82, 2.24) is 19.7 Å². The zero-order chi connectivity index (χ0) is 25.7. The Kier molecular flexibility index (Phi) is 6.10. The van der Waals surface area contributed by atoms with Gasteiger partial charge in [-0.15, -0.1) is 0 Å². The van der Waals surface area contributed by atoms with E-state index in [1.807, 2.05) is 18.3 Å². The van der Waals surface area contributed by atoms with E-state index >= 15 is 0 Å². The Labute approximate surface area is 218 Å². The number of pyridine rings is 1. The lowest BCUT2D eigenvalue weighted by atomic mass is 9.82. The second-order valence-corrected chi connectivity index (χ2v) is 10.6. The van der Waals surface area contributed by atoms with E-state index in [4.69, 9.17) is 9.47 Å². The molecule has 0 saturated carbocycles. The van der Waals surface area contributed by atoms with E-state index in [1.165, 1.54) is 22.2 Å². The summed E-state index contributed by atoms with van der Waals surface area (Å²) in [4.78, 5) is 11.5. The molecule has 7 heteroatoms. The van der Waals surface area contributed by atoms with Crippen LogP contribution in [-0.2, 0) is 13.1 Å². The molecule has 3 aliphatic heterocycles. The van der Waals surface area contributed by atoms with Gasteiger partial charge in [0.2, 0.25) is 0 Å². The minimum Gasteiger partial charge on any atom is -0.497 e. The molecule has 2 fully saturated rings. The predicted octanol–water partition coefficient (Wildman–Crippen LogP) is 4.31. The lowest BCUT2D eigenvalue weighted by Crippen LogP contribution is -2.53. The van der Waals surface area contributed by atoms with E-state index < -0.39 is 6.35 Å². The number of aliphatic hydroxyl groups is 1. The van der Waals surface area contributed by atoms with Crippen LogP contribution in [-0.4, -0.2) is 71.0 Å². The van der Waals surface area contributed by atoms with Gasteiger partial charge >= 0.3 is 0 Å². The van der Waals surface area contributed by atoms with Crippen molar-refractivity contribution in [2.45, 2.75) is 50.7 Å². The molecule has 1 aromatic heterocycles. The highest BCUT2D eigenvalue weighted by atomic mass is 16.5. The van der Waals surface area contributed by atoms with E-state index in [-0.39, 0.29) is 11.5 Å². The molecule has 2 aromatic carbocycles. The van der Waals surface area contributed by atoms with Crippen LogP contribution in [0.3, 0.4) is 0 Å². The Balaban J connectivity index is 1.28. The van der Waals surface area contributed by atoms with Gasteiger partial charge in [0.1, 0.15) is 11.5 Å². The molecule has 0 amide bonds. The number of rotatable bonds is 4. The second-order valence-electron chi connectivity index (χ2n) is 10.6. The molecule has 2 saturated heterocycles. The van der Waals surface area contributed by atoms with E-state index in [0.29, 0.717) is 6.54 Å². The van der Waals surface area contributed by atoms with Gasteiger partial charge in [0, 0.05) is 61.0 Å².